The molecule has 0 bridgehead atoms. The van der Waals surface area contributed by atoms with Crippen molar-refractivity contribution in [3.8, 4) is 11.6 Å². The molecule has 0 aliphatic rings. The van der Waals surface area contributed by atoms with Crippen molar-refractivity contribution < 1.29 is 24.0 Å². The van der Waals surface area contributed by atoms with Crippen molar-refractivity contribution >= 4 is 27.6 Å². The van der Waals surface area contributed by atoms with Crippen molar-refractivity contribution in [3.05, 3.63) is 56.4 Å². The molecule has 21 heavy (non-hydrogen) atoms. The van der Waals surface area contributed by atoms with Crippen LogP contribution < -0.4 is 4.74 Å². The third kappa shape index (κ3) is 3.31. The number of carboxylic acids is 1. The summed E-state index contributed by atoms with van der Waals surface area (Å²) in [7, 11) is 0. The molecule has 0 radical (unpaired) electrons. The van der Waals surface area contributed by atoms with Crippen LogP contribution in [-0.2, 0) is 0 Å². The van der Waals surface area contributed by atoms with Crippen LogP contribution in [0.4, 0.5) is 10.1 Å². The molecule has 1 aromatic heterocycles. The Morgan fingerprint density at radius 1 is 1.43 bits per heavy atom. The van der Waals surface area contributed by atoms with Gasteiger partial charge in [-0.15, -0.1) is 0 Å². The van der Waals surface area contributed by atoms with E-state index < -0.39 is 28.0 Å². The van der Waals surface area contributed by atoms with Gasteiger partial charge in [0.25, 0.3) is 0 Å². The van der Waals surface area contributed by atoms with Crippen LogP contribution >= 0.6 is 15.9 Å². The van der Waals surface area contributed by atoms with Crippen LogP contribution in [0.5, 0.6) is 11.6 Å². The molecular formula is C12H6BrFN2O5. The van der Waals surface area contributed by atoms with Crippen molar-refractivity contribution in [2.24, 2.45) is 0 Å². The first-order valence-corrected chi connectivity index (χ1v) is 6.18. The summed E-state index contributed by atoms with van der Waals surface area (Å²) in [5.41, 5.74) is -1.23. The second-order valence-corrected chi connectivity index (χ2v) is 4.63. The maximum absolute atomic E-state index is 13.1. The van der Waals surface area contributed by atoms with Crippen molar-refractivity contribution in [3.63, 3.8) is 0 Å². The van der Waals surface area contributed by atoms with E-state index in [9.17, 15) is 19.3 Å². The predicted octanol–water partition coefficient (Wildman–Crippen LogP) is 3.38. The molecule has 0 spiro atoms. The molecule has 0 fully saturated rings. The molecule has 1 aromatic carbocycles. The molecule has 1 heterocycles. The normalized spacial score (nSPS) is 10.2. The molecule has 0 unspecified atom stereocenters. The van der Waals surface area contributed by atoms with Gasteiger partial charge in [-0.25, -0.2) is 14.2 Å². The third-order valence-corrected chi connectivity index (χ3v) is 3.05. The van der Waals surface area contributed by atoms with Gasteiger partial charge in [0.15, 0.2) is 0 Å². The first kappa shape index (κ1) is 14.9. The topological polar surface area (TPSA) is 103 Å². The zero-order chi connectivity index (χ0) is 15.6. The van der Waals surface area contributed by atoms with Gasteiger partial charge < -0.3 is 9.84 Å². The zero-order valence-corrected chi connectivity index (χ0v) is 11.7. The number of benzene rings is 1. The van der Waals surface area contributed by atoms with Gasteiger partial charge in [-0.1, -0.05) is 0 Å². The van der Waals surface area contributed by atoms with Gasteiger partial charge in [-0.3, -0.25) is 10.1 Å². The van der Waals surface area contributed by atoms with E-state index in [4.69, 9.17) is 9.84 Å². The van der Waals surface area contributed by atoms with Gasteiger partial charge in [0.2, 0.25) is 5.88 Å². The molecule has 0 saturated heterocycles. The Bertz CT molecular complexity index is 738. The molecule has 108 valence electrons. The van der Waals surface area contributed by atoms with Gasteiger partial charge >= 0.3 is 11.7 Å². The fraction of sp³-hybridized carbons (Fsp3) is 0. The largest absolute Gasteiger partial charge is 0.477 e. The highest BCUT2D eigenvalue weighted by atomic mass is 79.9. The van der Waals surface area contributed by atoms with Gasteiger partial charge in [0.05, 0.1) is 9.40 Å². The van der Waals surface area contributed by atoms with Crippen LogP contribution in [0, 0.1) is 15.9 Å². The van der Waals surface area contributed by atoms with Crippen LogP contribution in [0.15, 0.2) is 34.9 Å². The molecule has 2 rings (SSSR count). The van der Waals surface area contributed by atoms with Gasteiger partial charge in [-0.05, 0) is 28.1 Å². The number of hydrogen-bond acceptors (Lipinski definition) is 5. The lowest BCUT2D eigenvalue weighted by Crippen LogP contribution is -2.04. The van der Waals surface area contributed by atoms with Crippen molar-refractivity contribution in [1.29, 1.82) is 0 Å². The van der Waals surface area contributed by atoms with Crippen LogP contribution in [0.2, 0.25) is 0 Å². The molecule has 0 aliphatic carbocycles. The van der Waals surface area contributed by atoms with Crippen LogP contribution in [0.25, 0.3) is 0 Å². The van der Waals surface area contributed by atoms with Crippen LogP contribution in [0.3, 0.4) is 0 Å². The fourth-order valence-electron chi connectivity index (χ4n) is 1.47. The Morgan fingerprint density at radius 3 is 2.76 bits per heavy atom. The average Bonchev–Trinajstić information content (AvgIpc) is 2.42. The smallest absolute Gasteiger partial charge is 0.342 e. The molecule has 0 atom stereocenters. The maximum Gasteiger partial charge on any atom is 0.342 e. The van der Waals surface area contributed by atoms with E-state index in [0.717, 1.165) is 18.3 Å². The number of carbonyl (C=O) groups is 1. The van der Waals surface area contributed by atoms with E-state index in [2.05, 4.69) is 20.9 Å². The van der Waals surface area contributed by atoms with E-state index in [0.29, 0.717) is 4.47 Å². The minimum absolute atomic E-state index is 0.0627. The number of nitro groups is 1. The lowest BCUT2D eigenvalue weighted by molar-refractivity contribution is -0.385. The Hall–Kier alpha value is -2.55. The van der Waals surface area contributed by atoms with Crippen molar-refractivity contribution in [2.75, 3.05) is 0 Å². The molecule has 0 saturated carbocycles. The number of rotatable bonds is 4. The zero-order valence-electron chi connectivity index (χ0n) is 10.1. The number of ether oxygens (including phenoxy) is 1. The molecule has 0 amide bonds. The van der Waals surface area contributed by atoms with E-state index in [1.807, 2.05) is 0 Å². The lowest BCUT2D eigenvalue weighted by Gasteiger charge is -2.07. The number of hydrogen-bond donors (Lipinski definition) is 1. The van der Waals surface area contributed by atoms with Gasteiger partial charge in [0, 0.05) is 12.1 Å². The second kappa shape index (κ2) is 5.83. The number of carboxylic acid groups (broad SMARTS) is 1. The predicted molar refractivity (Wildman–Crippen MR) is 72.0 cm³/mol. The molecule has 9 heteroatoms. The maximum atomic E-state index is 13.1. The highest BCUT2D eigenvalue weighted by Crippen LogP contribution is 2.31. The summed E-state index contributed by atoms with van der Waals surface area (Å²) < 4.78 is 18.8. The minimum atomic E-state index is -1.49. The average molecular weight is 357 g/mol. The SMILES string of the molecule is O=C(O)c1cc(Oc2cc(F)ccc2Br)ncc1[N+](=O)[O-]. The van der Waals surface area contributed by atoms with E-state index in [1.54, 1.807) is 0 Å². The Morgan fingerprint density at radius 2 is 2.14 bits per heavy atom. The monoisotopic (exact) mass is 356 g/mol. The molecular weight excluding hydrogens is 351 g/mol. The number of aromatic nitrogens is 1. The standard InChI is InChI=1S/C12H6BrFN2O5/c13-8-2-1-6(14)3-10(8)21-11-4-7(12(17)18)9(5-15-11)16(19)20/h1-5H,(H,17,18). The second-order valence-electron chi connectivity index (χ2n) is 3.78. The fourth-order valence-corrected chi connectivity index (χ4v) is 1.80. The van der Waals surface area contributed by atoms with E-state index in [-0.39, 0.29) is 11.6 Å². The first-order chi connectivity index (χ1) is 9.88. The van der Waals surface area contributed by atoms with Crippen molar-refractivity contribution in [1.82, 2.24) is 4.98 Å². The summed E-state index contributed by atoms with van der Waals surface area (Å²) in [6.45, 7) is 0. The summed E-state index contributed by atoms with van der Waals surface area (Å²) in [5, 5.41) is 19.6. The highest BCUT2D eigenvalue weighted by Gasteiger charge is 2.22. The Balaban J connectivity index is 2.41. The third-order valence-electron chi connectivity index (χ3n) is 2.39. The summed E-state index contributed by atoms with van der Waals surface area (Å²) in [6.07, 6.45) is 0.770. The molecule has 1 N–H and O–H groups in total. The summed E-state index contributed by atoms with van der Waals surface area (Å²) in [6, 6.07) is 4.56. The summed E-state index contributed by atoms with van der Waals surface area (Å²) in [5.74, 6) is -2.20. The summed E-state index contributed by atoms with van der Waals surface area (Å²) >= 11 is 3.13. The molecule has 0 aliphatic heterocycles. The van der Waals surface area contributed by atoms with Gasteiger partial charge in [-0.2, -0.15) is 0 Å². The van der Waals surface area contributed by atoms with E-state index >= 15 is 0 Å². The number of aromatic carboxylic acids is 1. The quantitative estimate of drug-likeness (QED) is 0.665. The van der Waals surface area contributed by atoms with Crippen molar-refractivity contribution in [2.45, 2.75) is 0 Å². The Kier molecular flexibility index (Phi) is 4.13. The lowest BCUT2D eigenvalue weighted by atomic mass is 10.2. The van der Waals surface area contributed by atoms with Crippen LogP contribution in [0.1, 0.15) is 10.4 Å². The first-order valence-electron chi connectivity index (χ1n) is 5.39. The minimum Gasteiger partial charge on any atom is -0.477 e. The van der Waals surface area contributed by atoms with E-state index in [1.165, 1.54) is 12.1 Å². The summed E-state index contributed by atoms with van der Waals surface area (Å²) in [4.78, 5) is 24.5. The molecule has 7 nitrogen and oxygen atoms in total. The molecule has 2 aromatic rings. The number of pyridine rings is 1. The van der Waals surface area contributed by atoms with Gasteiger partial charge in [0.1, 0.15) is 23.3 Å². The highest BCUT2D eigenvalue weighted by molar-refractivity contribution is 9.10. The number of halogens is 2. The number of nitrogens with zero attached hydrogens (tertiary/aromatic N) is 2. The Labute approximate surface area is 125 Å². The van der Waals surface area contributed by atoms with Crippen LogP contribution in [-0.4, -0.2) is 21.0 Å².